The summed E-state index contributed by atoms with van der Waals surface area (Å²) in [6, 6.07) is 0.667. The van der Waals surface area contributed by atoms with E-state index in [0.29, 0.717) is 6.07 Å². The summed E-state index contributed by atoms with van der Waals surface area (Å²) in [5, 5.41) is 10.4. The van der Waals surface area contributed by atoms with Crippen molar-refractivity contribution in [3.05, 3.63) is 32.2 Å². The van der Waals surface area contributed by atoms with Crippen molar-refractivity contribution in [1.29, 1.82) is 0 Å². The third-order valence-electron chi connectivity index (χ3n) is 1.65. The summed E-state index contributed by atoms with van der Waals surface area (Å²) in [5.41, 5.74) is -2.83. The van der Waals surface area contributed by atoms with Gasteiger partial charge >= 0.3 is 0 Å². The number of halogens is 2. The molecule has 0 saturated heterocycles. The molecule has 1 N–H and O–H groups in total. The van der Waals surface area contributed by atoms with Gasteiger partial charge in [0.25, 0.3) is 17.7 Å². The van der Waals surface area contributed by atoms with E-state index in [0.717, 1.165) is 7.11 Å². The lowest BCUT2D eigenvalue weighted by molar-refractivity contribution is -0.386. The Kier molecular flexibility index (Phi) is 2.98. The number of nitro groups is 1. The molecule has 0 bridgehead atoms. The van der Waals surface area contributed by atoms with E-state index >= 15 is 0 Å². The molecule has 0 aliphatic carbocycles. The molecule has 1 heterocycles. The number of nitrogens with zero attached hydrogens (tertiary/aromatic N) is 1. The molecule has 1 aromatic rings. The van der Waals surface area contributed by atoms with E-state index in [4.69, 9.17) is 0 Å². The lowest BCUT2D eigenvalue weighted by Gasteiger charge is -2.03. The molecule has 0 unspecified atom stereocenters. The van der Waals surface area contributed by atoms with Crippen LogP contribution >= 0.6 is 0 Å². The van der Waals surface area contributed by atoms with E-state index in [1.165, 1.54) is 0 Å². The fourth-order valence-corrected chi connectivity index (χ4v) is 0.984. The molecule has 0 spiro atoms. The average Bonchev–Trinajstić information content (AvgIpc) is 2.16. The van der Waals surface area contributed by atoms with Gasteiger partial charge in [-0.1, -0.05) is 0 Å². The van der Waals surface area contributed by atoms with Crippen molar-refractivity contribution in [3.8, 4) is 5.75 Å². The number of nitrogens with one attached hydrogen (secondary N) is 1. The third-order valence-corrected chi connectivity index (χ3v) is 1.65. The molecule has 82 valence electrons. The molecule has 0 amide bonds. The molecule has 0 atom stereocenters. The van der Waals surface area contributed by atoms with Crippen LogP contribution in [-0.4, -0.2) is 17.0 Å². The van der Waals surface area contributed by atoms with Crippen molar-refractivity contribution < 1.29 is 18.4 Å². The lowest BCUT2D eigenvalue weighted by atomic mass is 10.3. The molecule has 0 radical (unpaired) electrons. The molecule has 0 aliphatic heterocycles. The van der Waals surface area contributed by atoms with Crippen LogP contribution in [0.3, 0.4) is 0 Å². The molecule has 15 heavy (non-hydrogen) atoms. The Labute approximate surface area is 81.6 Å². The summed E-state index contributed by atoms with van der Waals surface area (Å²) in [5.74, 6) is -0.383. The number of alkyl halides is 2. The second kappa shape index (κ2) is 4.03. The SMILES string of the molecule is COc1cc([N+](=O)[O-])c(C(F)F)[nH]c1=O. The Morgan fingerprint density at radius 2 is 2.20 bits per heavy atom. The van der Waals surface area contributed by atoms with Gasteiger partial charge in [-0.15, -0.1) is 0 Å². The minimum atomic E-state index is -3.12. The Morgan fingerprint density at radius 1 is 1.60 bits per heavy atom. The maximum atomic E-state index is 12.3. The summed E-state index contributed by atoms with van der Waals surface area (Å²) in [6.07, 6.45) is -3.12. The molecule has 0 saturated carbocycles. The zero-order chi connectivity index (χ0) is 11.6. The minimum absolute atomic E-state index is 0.383. The Balaban J connectivity index is 3.46. The highest BCUT2D eigenvalue weighted by atomic mass is 19.3. The van der Waals surface area contributed by atoms with E-state index < -0.39 is 28.3 Å². The highest BCUT2D eigenvalue weighted by Crippen LogP contribution is 2.27. The second-order valence-electron chi connectivity index (χ2n) is 2.52. The molecule has 1 aromatic heterocycles. The van der Waals surface area contributed by atoms with Crippen LogP contribution in [0.1, 0.15) is 12.1 Å². The topological polar surface area (TPSA) is 85.2 Å². The standard InChI is InChI=1S/C7H6F2N2O4/c1-15-4-2-3(11(13)14)5(6(8)9)10-7(4)12/h2,6H,1H3,(H,10,12). The summed E-state index contributed by atoms with van der Waals surface area (Å²) >= 11 is 0. The fourth-order valence-electron chi connectivity index (χ4n) is 0.984. The summed E-state index contributed by atoms with van der Waals surface area (Å²) in [7, 11) is 1.11. The summed E-state index contributed by atoms with van der Waals surface area (Å²) in [6.45, 7) is 0. The zero-order valence-electron chi connectivity index (χ0n) is 7.49. The summed E-state index contributed by atoms with van der Waals surface area (Å²) in [4.78, 5) is 22.1. The number of rotatable bonds is 3. The van der Waals surface area contributed by atoms with E-state index in [1.54, 1.807) is 4.98 Å². The first kappa shape index (κ1) is 11.1. The van der Waals surface area contributed by atoms with Crippen molar-refractivity contribution >= 4 is 5.69 Å². The normalized spacial score (nSPS) is 10.4. The number of pyridine rings is 1. The maximum Gasteiger partial charge on any atom is 0.298 e. The van der Waals surface area contributed by atoms with Gasteiger partial charge in [-0.05, 0) is 0 Å². The lowest BCUT2D eigenvalue weighted by Crippen LogP contribution is -2.14. The smallest absolute Gasteiger partial charge is 0.298 e. The van der Waals surface area contributed by atoms with Crippen LogP contribution in [0, 0.1) is 10.1 Å². The first-order valence-electron chi connectivity index (χ1n) is 3.71. The minimum Gasteiger partial charge on any atom is -0.491 e. The first-order valence-corrected chi connectivity index (χ1v) is 3.71. The number of hydrogen-bond donors (Lipinski definition) is 1. The zero-order valence-corrected chi connectivity index (χ0v) is 7.49. The highest BCUT2D eigenvalue weighted by Gasteiger charge is 2.24. The van der Waals surface area contributed by atoms with Gasteiger partial charge in [-0.2, -0.15) is 0 Å². The molecule has 0 aliphatic rings. The third kappa shape index (κ3) is 2.09. The van der Waals surface area contributed by atoms with Crippen molar-refractivity contribution in [2.24, 2.45) is 0 Å². The second-order valence-corrected chi connectivity index (χ2v) is 2.52. The Bertz CT molecular complexity index is 443. The van der Waals surface area contributed by atoms with Crippen LogP contribution in [-0.2, 0) is 0 Å². The van der Waals surface area contributed by atoms with Gasteiger partial charge in [-0.3, -0.25) is 14.9 Å². The molecule has 6 nitrogen and oxygen atoms in total. The predicted molar refractivity (Wildman–Crippen MR) is 45.2 cm³/mol. The first-order chi connectivity index (χ1) is 6.97. The molecule has 8 heteroatoms. The van der Waals surface area contributed by atoms with Crippen molar-refractivity contribution in [2.75, 3.05) is 7.11 Å². The van der Waals surface area contributed by atoms with E-state index in [9.17, 15) is 23.7 Å². The highest BCUT2D eigenvalue weighted by molar-refractivity contribution is 5.41. The van der Waals surface area contributed by atoms with Gasteiger partial charge in [0.1, 0.15) is 0 Å². The number of methoxy groups -OCH3 is 1. The predicted octanol–water partition coefficient (Wildman–Crippen LogP) is 1.23. The molecule has 1 rings (SSSR count). The van der Waals surface area contributed by atoms with Crippen LogP contribution in [0.5, 0.6) is 5.75 Å². The monoisotopic (exact) mass is 220 g/mol. The molecule has 0 fully saturated rings. The van der Waals surface area contributed by atoms with Crippen molar-refractivity contribution in [1.82, 2.24) is 4.98 Å². The Hall–Kier alpha value is -1.99. The largest absolute Gasteiger partial charge is 0.491 e. The van der Waals surface area contributed by atoms with Gasteiger partial charge in [0, 0.05) is 0 Å². The number of hydrogen-bond acceptors (Lipinski definition) is 4. The number of H-pyrrole nitrogens is 1. The van der Waals surface area contributed by atoms with Gasteiger partial charge < -0.3 is 9.72 Å². The van der Waals surface area contributed by atoms with Crippen LogP contribution in [0.15, 0.2) is 10.9 Å². The maximum absolute atomic E-state index is 12.3. The number of aromatic nitrogens is 1. The molecular weight excluding hydrogens is 214 g/mol. The van der Waals surface area contributed by atoms with E-state index in [1.807, 2.05) is 0 Å². The van der Waals surface area contributed by atoms with E-state index in [-0.39, 0.29) is 5.75 Å². The van der Waals surface area contributed by atoms with Gasteiger partial charge in [0.15, 0.2) is 11.4 Å². The van der Waals surface area contributed by atoms with Crippen molar-refractivity contribution in [2.45, 2.75) is 6.43 Å². The van der Waals surface area contributed by atoms with Crippen molar-refractivity contribution in [3.63, 3.8) is 0 Å². The van der Waals surface area contributed by atoms with E-state index in [2.05, 4.69) is 4.74 Å². The van der Waals surface area contributed by atoms with Crippen LogP contribution in [0.25, 0.3) is 0 Å². The average molecular weight is 220 g/mol. The van der Waals surface area contributed by atoms with Crippen LogP contribution < -0.4 is 10.3 Å². The summed E-state index contributed by atoms with van der Waals surface area (Å²) < 4.78 is 29.1. The molecule has 0 aromatic carbocycles. The van der Waals surface area contributed by atoms with Gasteiger partial charge in [-0.25, -0.2) is 8.78 Å². The fraction of sp³-hybridized carbons (Fsp3) is 0.286. The van der Waals surface area contributed by atoms with Gasteiger partial charge in [0.05, 0.1) is 18.1 Å². The molecular formula is C7H6F2N2O4. The number of ether oxygens (including phenoxy) is 1. The van der Waals surface area contributed by atoms with Gasteiger partial charge in [0.2, 0.25) is 0 Å². The quantitative estimate of drug-likeness (QED) is 0.613. The number of aromatic amines is 1. The van der Waals surface area contributed by atoms with Crippen LogP contribution in [0.2, 0.25) is 0 Å². The van der Waals surface area contributed by atoms with Crippen LogP contribution in [0.4, 0.5) is 14.5 Å². The Morgan fingerprint density at radius 3 is 2.60 bits per heavy atom.